The average molecular weight is 542 g/mol. The summed E-state index contributed by atoms with van der Waals surface area (Å²) in [4.78, 5) is 42.4. The first-order valence-corrected chi connectivity index (χ1v) is 11.8. The van der Waals surface area contributed by atoms with Gasteiger partial charge in [0.2, 0.25) is 0 Å². The molecule has 0 aromatic heterocycles. The van der Waals surface area contributed by atoms with Crippen LogP contribution in [0.3, 0.4) is 0 Å². The first kappa shape index (κ1) is 25.2. The molecule has 2 aliphatic rings. The summed E-state index contributed by atoms with van der Waals surface area (Å²) in [7, 11) is 0. The lowest BCUT2D eigenvalue weighted by Crippen LogP contribution is -2.63. The second kappa shape index (κ2) is 9.85. The third kappa shape index (κ3) is 4.14. The number of hydrogen-bond acceptors (Lipinski definition) is 7. The molecule has 172 valence electrons. The van der Waals surface area contributed by atoms with E-state index in [2.05, 4.69) is 10.0 Å². The van der Waals surface area contributed by atoms with Gasteiger partial charge in [-0.3, -0.25) is 19.3 Å². The predicted molar refractivity (Wildman–Crippen MR) is 122 cm³/mol. The van der Waals surface area contributed by atoms with E-state index in [0.29, 0.717) is 5.75 Å². The number of hydrogen-bond donors (Lipinski definition) is 0. The summed E-state index contributed by atoms with van der Waals surface area (Å²) in [5.41, 5.74) is 7.82. The lowest BCUT2D eigenvalue weighted by molar-refractivity contribution is -0.165. The molecule has 2 amide bonds. The van der Waals surface area contributed by atoms with Crippen LogP contribution in [0.2, 0.25) is 20.1 Å². The highest BCUT2D eigenvalue weighted by Crippen LogP contribution is 2.47. The Morgan fingerprint density at radius 2 is 1.69 bits per heavy atom. The second-order valence-corrected chi connectivity index (χ2v) is 9.80. The highest BCUT2D eigenvalue weighted by molar-refractivity contribution is 7.99. The Bertz CT molecular complexity index is 1000. The lowest BCUT2D eigenvalue weighted by Gasteiger charge is -2.46. The molecule has 0 radical (unpaired) electrons. The normalized spacial score (nSPS) is 27.2. The Balaban J connectivity index is 2.20. The van der Waals surface area contributed by atoms with Gasteiger partial charge in [-0.2, -0.15) is 0 Å². The van der Waals surface area contributed by atoms with Crippen molar-refractivity contribution in [3.8, 4) is 0 Å². The van der Waals surface area contributed by atoms with Crippen LogP contribution in [0.5, 0.6) is 0 Å². The molecule has 0 unspecified atom stereocenters. The van der Waals surface area contributed by atoms with Gasteiger partial charge in [0.15, 0.2) is 0 Å². The number of fused-ring (bicyclic) bond motifs is 1. The maximum Gasteiger partial charge on any atom is 0.302 e. The topological polar surface area (TPSA) is 122 Å². The number of imide groups is 1. The van der Waals surface area contributed by atoms with Gasteiger partial charge >= 0.3 is 5.97 Å². The minimum Gasteiger partial charge on any atom is -0.460 e. The van der Waals surface area contributed by atoms with Crippen LogP contribution in [0.25, 0.3) is 10.4 Å². The first-order chi connectivity index (χ1) is 15.1. The maximum absolute atomic E-state index is 13.4. The van der Waals surface area contributed by atoms with Crippen molar-refractivity contribution in [1.82, 2.24) is 4.90 Å². The number of nitrogens with zero attached hydrogens (tertiary/aromatic N) is 4. The minimum atomic E-state index is -1.18. The molecule has 0 N–H and O–H groups in total. The van der Waals surface area contributed by atoms with Crippen LogP contribution in [-0.4, -0.2) is 58.2 Å². The number of thioether (sulfide) groups is 1. The van der Waals surface area contributed by atoms with Crippen molar-refractivity contribution < 1.29 is 23.9 Å². The lowest BCUT2D eigenvalue weighted by atomic mass is 9.95. The van der Waals surface area contributed by atoms with E-state index in [-0.39, 0.29) is 31.2 Å². The molecule has 5 atom stereocenters. The molecular formula is C18H16Cl4N4O5S. The molecule has 3 rings (SSSR count). The summed E-state index contributed by atoms with van der Waals surface area (Å²) >= 11 is 25.9. The maximum atomic E-state index is 13.4. The molecule has 1 saturated heterocycles. The Morgan fingerprint density at radius 1 is 1.16 bits per heavy atom. The van der Waals surface area contributed by atoms with E-state index in [0.717, 1.165) is 4.90 Å². The molecule has 1 aromatic carbocycles. The molecule has 32 heavy (non-hydrogen) atoms. The van der Waals surface area contributed by atoms with E-state index in [1.165, 1.54) is 18.7 Å². The number of esters is 1. The van der Waals surface area contributed by atoms with E-state index < -0.39 is 47.5 Å². The highest BCUT2D eigenvalue weighted by Gasteiger charge is 2.55. The molecular weight excluding hydrogens is 526 g/mol. The molecule has 9 nitrogen and oxygen atoms in total. The second-order valence-electron chi connectivity index (χ2n) is 6.91. The van der Waals surface area contributed by atoms with Gasteiger partial charge in [0, 0.05) is 11.8 Å². The van der Waals surface area contributed by atoms with E-state index in [1.54, 1.807) is 6.92 Å². The van der Waals surface area contributed by atoms with Crippen LogP contribution >= 0.6 is 58.2 Å². The van der Waals surface area contributed by atoms with Gasteiger partial charge in [-0.15, -0.1) is 11.8 Å². The summed E-state index contributed by atoms with van der Waals surface area (Å²) in [6.45, 7) is 4.67. The van der Waals surface area contributed by atoms with Gasteiger partial charge in [0.05, 0.1) is 37.3 Å². The summed E-state index contributed by atoms with van der Waals surface area (Å²) in [5, 5.41) is 2.91. The van der Waals surface area contributed by atoms with Crippen LogP contribution in [0.1, 0.15) is 41.5 Å². The number of ether oxygens (including phenoxy) is 2. The molecule has 14 heteroatoms. The van der Waals surface area contributed by atoms with Crippen molar-refractivity contribution >= 4 is 75.9 Å². The quantitative estimate of drug-likeness (QED) is 0.0938. The van der Waals surface area contributed by atoms with E-state index in [9.17, 15) is 14.4 Å². The molecule has 0 spiro atoms. The van der Waals surface area contributed by atoms with Crippen LogP contribution in [-0.2, 0) is 14.3 Å². The fraction of sp³-hybridized carbons (Fsp3) is 0.500. The van der Waals surface area contributed by atoms with Gasteiger partial charge in [-0.1, -0.05) is 58.4 Å². The molecule has 1 fully saturated rings. The van der Waals surface area contributed by atoms with Gasteiger partial charge in [0.1, 0.15) is 23.6 Å². The summed E-state index contributed by atoms with van der Waals surface area (Å²) < 4.78 is 11.4. The third-order valence-electron chi connectivity index (χ3n) is 5.03. The van der Waals surface area contributed by atoms with Crippen molar-refractivity contribution in [3.63, 3.8) is 0 Å². The summed E-state index contributed by atoms with van der Waals surface area (Å²) in [6.07, 6.45) is -1.84. The Hall–Kier alpha value is -1.39. The van der Waals surface area contributed by atoms with Crippen LogP contribution in [0.15, 0.2) is 5.11 Å². The largest absolute Gasteiger partial charge is 0.460 e. The van der Waals surface area contributed by atoms with Gasteiger partial charge in [-0.05, 0) is 18.2 Å². The van der Waals surface area contributed by atoms with Crippen molar-refractivity contribution in [2.75, 3.05) is 5.75 Å². The van der Waals surface area contributed by atoms with Crippen LogP contribution < -0.4 is 0 Å². The summed E-state index contributed by atoms with van der Waals surface area (Å²) in [6, 6.07) is -2.15. The SMILES string of the molecule is CCS[C@@H]1O[C@H](C)[C@H](N=[N+]=[N-])[C@H](OC(C)=O)[C@H]1N1C(=O)c2c(Cl)c(Cl)c(Cl)c(Cl)c2C1=O. The number of carbonyl (C=O) groups is 3. The zero-order valence-corrected chi connectivity index (χ0v) is 20.7. The molecule has 0 saturated carbocycles. The Morgan fingerprint density at radius 3 is 2.12 bits per heavy atom. The number of rotatable bonds is 5. The van der Waals surface area contributed by atoms with Crippen LogP contribution in [0, 0.1) is 0 Å². The van der Waals surface area contributed by atoms with Crippen LogP contribution in [0.4, 0.5) is 0 Å². The monoisotopic (exact) mass is 540 g/mol. The van der Waals surface area contributed by atoms with Crippen molar-refractivity contribution in [2.24, 2.45) is 5.11 Å². The molecule has 0 aliphatic carbocycles. The van der Waals surface area contributed by atoms with Crippen molar-refractivity contribution in [2.45, 2.75) is 50.5 Å². The van der Waals surface area contributed by atoms with Gasteiger partial charge in [-0.25, -0.2) is 0 Å². The minimum absolute atomic E-state index is 0.170. The zero-order valence-electron chi connectivity index (χ0n) is 16.8. The summed E-state index contributed by atoms with van der Waals surface area (Å²) in [5.74, 6) is -1.75. The third-order valence-corrected chi connectivity index (χ3v) is 7.88. The smallest absolute Gasteiger partial charge is 0.302 e. The Kier molecular flexibility index (Phi) is 7.77. The number of carbonyl (C=O) groups excluding carboxylic acids is 3. The first-order valence-electron chi connectivity index (χ1n) is 9.29. The molecule has 1 aromatic rings. The number of benzene rings is 1. The fourth-order valence-corrected chi connectivity index (χ4v) is 5.83. The molecule has 2 heterocycles. The van der Waals surface area contributed by atoms with Crippen molar-refractivity contribution in [3.05, 3.63) is 41.7 Å². The highest BCUT2D eigenvalue weighted by atomic mass is 35.5. The standard InChI is InChI=1S/C18H16Cl4N4O5S/c1-4-32-18-14(15(31-6(3)27)13(24-25-23)5(2)30-18)26-16(28)7-8(17(26)29)10(20)12(22)11(21)9(7)19/h5,13-15,18H,4H2,1-3H3/t5-,13+,14-,15+,18+/m1/s1. The fourth-order valence-electron chi connectivity index (χ4n) is 3.75. The molecule has 0 bridgehead atoms. The van der Waals surface area contributed by atoms with E-state index in [4.69, 9.17) is 61.4 Å². The average Bonchev–Trinajstić information content (AvgIpc) is 2.98. The Labute approximate surface area is 207 Å². The van der Waals surface area contributed by atoms with E-state index in [1.807, 2.05) is 6.92 Å². The number of halogens is 4. The number of azide groups is 1. The number of amides is 2. The molecule has 2 aliphatic heterocycles. The van der Waals surface area contributed by atoms with Gasteiger partial charge in [0.25, 0.3) is 11.8 Å². The zero-order chi connectivity index (χ0) is 23.9. The van der Waals surface area contributed by atoms with Crippen molar-refractivity contribution in [1.29, 1.82) is 0 Å². The van der Waals surface area contributed by atoms with Gasteiger partial charge < -0.3 is 9.47 Å². The van der Waals surface area contributed by atoms with E-state index >= 15 is 0 Å². The predicted octanol–water partition coefficient (Wildman–Crippen LogP) is 5.37.